The molecule has 0 aliphatic rings. The summed E-state index contributed by atoms with van der Waals surface area (Å²) in [6.45, 7) is 2.04. The molecule has 1 amide bonds. The van der Waals surface area contributed by atoms with E-state index in [1.54, 1.807) is 13.1 Å². The number of amides is 1. The second-order valence-electron chi connectivity index (χ2n) is 5.07. The van der Waals surface area contributed by atoms with Gasteiger partial charge in [-0.05, 0) is 13.0 Å². The molecule has 110 valence electrons. The van der Waals surface area contributed by atoms with Crippen molar-refractivity contribution < 1.29 is 9.32 Å². The Morgan fingerprint density at radius 1 is 1.09 bits per heavy atom. The number of aromatic nitrogens is 1. The SMILES string of the molecule is CNC(=O)c1ccccc1-c1cc(-c2ccc(C)cc2)no1. The highest BCUT2D eigenvalue weighted by Crippen LogP contribution is 2.28. The van der Waals surface area contributed by atoms with E-state index < -0.39 is 0 Å². The highest BCUT2D eigenvalue weighted by atomic mass is 16.5. The first-order valence-electron chi connectivity index (χ1n) is 7.04. The maximum Gasteiger partial charge on any atom is 0.251 e. The van der Waals surface area contributed by atoms with Crippen molar-refractivity contribution in [3.63, 3.8) is 0 Å². The minimum absolute atomic E-state index is 0.149. The van der Waals surface area contributed by atoms with E-state index in [0.717, 1.165) is 16.8 Å². The summed E-state index contributed by atoms with van der Waals surface area (Å²) in [7, 11) is 1.61. The lowest BCUT2D eigenvalue weighted by atomic mass is 10.0. The van der Waals surface area contributed by atoms with Crippen molar-refractivity contribution in [1.29, 1.82) is 0 Å². The van der Waals surface area contributed by atoms with Crippen LogP contribution in [-0.4, -0.2) is 18.1 Å². The third kappa shape index (κ3) is 2.63. The third-order valence-electron chi connectivity index (χ3n) is 3.52. The summed E-state index contributed by atoms with van der Waals surface area (Å²) in [6.07, 6.45) is 0. The fourth-order valence-corrected chi connectivity index (χ4v) is 2.29. The highest BCUT2D eigenvalue weighted by molar-refractivity contribution is 6.00. The topological polar surface area (TPSA) is 55.1 Å². The van der Waals surface area contributed by atoms with Gasteiger partial charge in [-0.3, -0.25) is 4.79 Å². The number of carbonyl (C=O) groups is 1. The second kappa shape index (κ2) is 5.85. The zero-order valence-electron chi connectivity index (χ0n) is 12.5. The van der Waals surface area contributed by atoms with Crippen molar-refractivity contribution in [2.75, 3.05) is 7.05 Å². The van der Waals surface area contributed by atoms with E-state index in [9.17, 15) is 4.79 Å². The van der Waals surface area contributed by atoms with Crippen LogP contribution < -0.4 is 5.32 Å². The molecule has 2 aromatic carbocycles. The normalized spacial score (nSPS) is 10.5. The number of hydrogen-bond acceptors (Lipinski definition) is 3. The zero-order chi connectivity index (χ0) is 15.5. The third-order valence-corrected chi connectivity index (χ3v) is 3.52. The molecule has 0 saturated heterocycles. The lowest BCUT2D eigenvalue weighted by molar-refractivity contribution is 0.0963. The lowest BCUT2D eigenvalue weighted by Crippen LogP contribution is -2.18. The van der Waals surface area contributed by atoms with Gasteiger partial charge in [-0.1, -0.05) is 53.2 Å². The van der Waals surface area contributed by atoms with Crippen LogP contribution in [0.5, 0.6) is 0 Å². The molecule has 0 radical (unpaired) electrons. The van der Waals surface area contributed by atoms with Crippen LogP contribution in [0.2, 0.25) is 0 Å². The van der Waals surface area contributed by atoms with Crippen LogP contribution >= 0.6 is 0 Å². The Bertz CT molecular complexity index is 804. The van der Waals surface area contributed by atoms with Crippen LogP contribution in [0.4, 0.5) is 0 Å². The number of nitrogens with zero attached hydrogens (tertiary/aromatic N) is 1. The molecule has 22 heavy (non-hydrogen) atoms. The second-order valence-corrected chi connectivity index (χ2v) is 5.07. The Hall–Kier alpha value is -2.88. The average Bonchev–Trinajstić information content (AvgIpc) is 3.04. The van der Waals surface area contributed by atoms with Crippen LogP contribution in [-0.2, 0) is 0 Å². The Balaban J connectivity index is 2.01. The smallest absolute Gasteiger partial charge is 0.251 e. The molecule has 0 saturated carbocycles. The maximum absolute atomic E-state index is 11.9. The molecule has 3 rings (SSSR count). The number of aryl methyl sites for hydroxylation is 1. The van der Waals surface area contributed by atoms with Crippen molar-refractivity contribution in [3.8, 4) is 22.6 Å². The van der Waals surface area contributed by atoms with Gasteiger partial charge in [0.25, 0.3) is 5.91 Å². The largest absolute Gasteiger partial charge is 0.356 e. The fourth-order valence-electron chi connectivity index (χ4n) is 2.29. The molecule has 1 N–H and O–H groups in total. The molecule has 1 heterocycles. The first kappa shape index (κ1) is 14.1. The van der Waals surface area contributed by atoms with E-state index in [1.807, 2.05) is 55.5 Å². The Labute approximate surface area is 128 Å². The van der Waals surface area contributed by atoms with Gasteiger partial charge in [-0.25, -0.2) is 0 Å². The molecule has 0 spiro atoms. The van der Waals surface area contributed by atoms with Crippen LogP contribution in [0, 0.1) is 6.92 Å². The zero-order valence-corrected chi connectivity index (χ0v) is 12.5. The maximum atomic E-state index is 11.9. The highest BCUT2D eigenvalue weighted by Gasteiger charge is 2.15. The van der Waals surface area contributed by atoms with E-state index in [4.69, 9.17) is 4.52 Å². The van der Waals surface area contributed by atoms with Crippen molar-refractivity contribution in [2.24, 2.45) is 0 Å². The molecule has 4 nitrogen and oxygen atoms in total. The van der Waals surface area contributed by atoms with Crippen LogP contribution in [0.15, 0.2) is 59.1 Å². The molecule has 0 fully saturated rings. The predicted octanol–water partition coefficient (Wildman–Crippen LogP) is 3.68. The number of hydrogen-bond donors (Lipinski definition) is 1. The molecule has 0 atom stereocenters. The average molecular weight is 292 g/mol. The summed E-state index contributed by atoms with van der Waals surface area (Å²) in [5.41, 5.74) is 4.22. The molecule has 0 aliphatic carbocycles. The Kier molecular flexibility index (Phi) is 3.74. The minimum atomic E-state index is -0.149. The van der Waals surface area contributed by atoms with Crippen LogP contribution in [0.1, 0.15) is 15.9 Å². The molecular formula is C18H16N2O2. The summed E-state index contributed by atoms with van der Waals surface area (Å²) in [5, 5.41) is 6.75. The van der Waals surface area contributed by atoms with Crippen molar-refractivity contribution in [1.82, 2.24) is 10.5 Å². The number of nitrogens with one attached hydrogen (secondary N) is 1. The lowest BCUT2D eigenvalue weighted by Gasteiger charge is -2.04. The first-order chi connectivity index (χ1) is 10.7. The van der Waals surface area contributed by atoms with Crippen molar-refractivity contribution >= 4 is 5.91 Å². The van der Waals surface area contributed by atoms with Crippen molar-refractivity contribution in [3.05, 3.63) is 65.7 Å². The predicted molar refractivity (Wildman–Crippen MR) is 85.5 cm³/mol. The standard InChI is InChI=1S/C18H16N2O2/c1-12-7-9-13(10-8-12)16-11-17(22-20-16)14-5-3-4-6-15(14)18(21)19-2/h3-11H,1-2H3,(H,19,21). The van der Waals surface area contributed by atoms with E-state index in [2.05, 4.69) is 10.5 Å². The summed E-state index contributed by atoms with van der Waals surface area (Å²) in [6, 6.07) is 17.2. The van der Waals surface area contributed by atoms with Gasteiger partial charge in [0.2, 0.25) is 0 Å². The summed E-state index contributed by atoms with van der Waals surface area (Å²) in [5.74, 6) is 0.429. The summed E-state index contributed by atoms with van der Waals surface area (Å²) >= 11 is 0. The minimum Gasteiger partial charge on any atom is -0.356 e. The number of rotatable bonds is 3. The number of benzene rings is 2. The molecule has 0 aliphatic heterocycles. The fraction of sp³-hybridized carbons (Fsp3) is 0.111. The van der Waals surface area contributed by atoms with Gasteiger partial charge in [-0.15, -0.1) is 0 Å². The van der Waals surface area contributed by atoms with Gasteiger partial charge in [-0.2, -0.15) is 0 Å². The molecule has 1 aromatic heterocycles. The van der Waals surface area contributed by atoms with Gasteiger partial charge in [0, 0.05) is 24.2 Å². The molecule has 3 aromatic rings. The molecule has 4 heteroatoms. The molecular weight excluding hydrogens is 276 g/mol. The number of carbonyl (C=O) groups excluding carboxylic acids is 1. The summed E-state index contributed by atoms with van der Waals surface area (Å²) < 4.78 is 5.44. The van der Waals surface area contributed by atoms with Gasteiger partial charge in [0.1, 0.15) is 5.69 Å². The van der Waals surface area contributed by atoms with E-state index in [1.165, 1.54) is 5.56 Å². The Morgan fingerprint density at radius 3 is 2.55 bits per heavy atom. The van der Waals surface area contributed by atoms with Gasteiger partial charge < -0.3 is 9.84 Å². The van der Waals surface area contributed by atoms with Gasteiger partial charge >= 0.3 is 0 Å². The van der Waals surface area contributed by atoms with Gasteiger partial charge in [0.15, 0.2) is 5.76 Å². The van der Waals surface area contributed by atoms with Crippen LogP contribution in [0.25, 0.3) is 22.6 Å². The van der Waals surface area contributed by atoms with E-state index in [0.29, 0.717) is 11.3 Å². The quantitative estimate of drug-likeness (QED) is 0.801. The molecule has 0 unspecified atom stereocenters. The van der Waals surface area contributed by atoms with E-state index >= 15 is 0 Å². The van der Waals surface area contributed by atoms with Crippen LogP contribution in [0.3, 0.4) is 0 Å². The van der Waals surface area contributed by atoms with E-state index in [-0.39, 0.29) is 5.91 Å². The summed E-state index contributed by atoms with van der Waals surface area (Å²) in [4.78, 5) is 11.9. The van der Waals surface area contributed by atoms with Crippen molar-refractivity contribution in [2.45, 2.75) is 6.92 Å². The molecule has 0 bridgehead atoms. The van der Waals surface area contributed by atoms with Gasteiger partial charge in [0.05, 0.1) is 5.56 Å². The first-order valence-corrected chi connectivity index (χ1v) is 7.04. The Morgan fingerprint density at radius 2 is 1.82 bits per heavy atom. The monoisotopic (exact) mass is 292 g/mol.